The van der Waals surface area contributed by atoms with Crippen molar-refractivity contribution in [2.75, 3.05) is 19.7 Å². The van der Waals surface area contributed by atoms with Gasteiger partial charge in [-0.25, -0.2) is 4.79 Å². The van der Waals surface area contributed by atoms with Crippen molar-refractivity contribution in [3.05, 3.63) is 0 Å². The van der Waals surface area contributed by atoms with Gasteiger partial charge in [-0.2, -0.15) is 0 Å². The third-order valence-electron chi connectivity index (χ3n) is 3.80. The fourth-order valence-corrected chi connectivity index (χ4v) is 2.65. The van der Waals surface area contributed by atoms with Crippen LogP contribution in [0.1, 0.15) is 40.5 Å². The fraction of sp³-hybridized carbons (Fsp3) is 0.929. The van der Waals surface area contributed by atoms with Crippen LogP contribution in [0.5, 0.6) is 0 Å². The highest BCUT2D eigenvalue weighted by molar-refractivity contribution is 5.67. The van der Waals surface area contributed by atoms with Gasteiger partial charge in [-0.3, -0.25) is 4.90 Å². The Morgan fingerprint density at radius 1 is 1.42 bits per heavy atom. The molecule has 1 aliphatic heterocycles. The summed E-state index contributed by atoms with van der Waals surface area (Å²) >= 11 is 0. The molecule has 0 spiro atoms. The van der Waals surface area contributed by atoms with Gasteiger partial charge >= 0.3 is 6.09 Å². The van der Waals surface area contributed by atoms with Crippen molar-refractivity contribution in [3.8, 4) is 0 Å². The van der Waals surface area contributed by atoms with Gasteiger partial charge in [-0.05, 0) is 39.5 Å². The van der Waals surface area contributed by atoms with E-state index in [0.29, 0.717) is 12.6 Å². The second kappa shape index (κ2) is 7.70. The Balaban J connectivity index is 2.62. The van der Waals surface area contributed by atoms with Crippen LogP contribution >= 0.6 is 0 Å². The van der Waals surface area contributed by atoms with Gasteiger partial charge in [0, 0.05) is 25.2 Å². The molecule has 0 aromatic carbocycles. The van der Waals surface area contributed by atoms with Gasteiger partial charge in [-0.15, -0.1) is 0 Å². The average molecular weight is 272 g/mol. The summed E-state index contributed by atoms with van der Waals surface area (Å²) in [5.74, 6) is 0.216. The molecule has 3 atom stereocenters. The van der Waals surface area contributed by atoms with Gasteiger partial charge in [0.2, 0.25) is 0 Å². The summed E-state index contributed by atoms with van der Waals surface area (Å²) in [6.45, 7) is 10.2. The van der Waals surface area contributed by atoms with E-state index in [1.165, 1.54) is 0 Å². The molecule has 19 heavy (non-hydrogen) atoms. The zero-order valence-electron chi connectivity index (χ0n) is 12.6. The van der Waals surface area contributed by atoms with Crippen LogP contribution in [-0.2, 0) is 4.74 Å². The number of nitrogens with zero attached hydrogens (tertiary/aromatic N) is 1. The molecule has 1 heterocycles. The summed E-state index contributed by atoms with van der Waals surface area (Å²) in [4.78, 5) is 13.8. The molecule has 0 aliphatic carbocycles. The highest BCUT2D eigenvalue weighted by atomic mass is 16.5. The molecule has 5 nitrogen and oxygen atoms in total. The van der Waals surface area contributed by atoms with Crippen molar-refractivity contribution in [1.29, 1.82) is 0 Å². The standard InChI is InChI=1S/C14H28N2O3/c1-5-13(17)11-7-12(15-14(18)19-6-2)9-16(8-11)10(3)4/h10-13,17H,5-9H2,1-4H3,(H,15,18). The number of piperidine rings is 1. The van der Waals surface area contributed by atoms with E-state index in [2.05, 4.69) is 24.1 Å². The predicted molar refractivity (Wildman–Crippen MR) is 75.1 cm³/mol. The smallest absolute Gasteiger partial charge is 0.407 e. The van der Waals surface area contributed by atoms with Crippen LogP contribution < -0.4 is 5.32 Å². The summed E-state index contributed by atoms with van der Waals surface area (Å²) in [6.07, 6.45) is 0.913. The van der Waals surface area contributed by atoms with E-state index in [9.17, 15) is 9.90 Å². The quantitative estimate of drug-likeness (QED) is 0.798. The Morgan fingerprint density at radius 3 is 2.63 bits per heavy atom. The number of amides is 1. The van der Waals surface area contributed by atoms with Gasteiger partial charge < -0.3 is 15.2 Å². The van der Waals surface area contributed by atoms with E-state index in [-0.39, 0.29) is 24.2 Å². The summed E-state index contributed by atoms with van der Waals surface area (Å²) in [6, 6.07) is 0.472. The van der Waals surface area contributed by atoms with Gasteiger partial charge in [0.25, 0.3) is 0 Å². The molecule has 0 aromatic rings. The number of carbonyl (C=O) groups excluding carboxylic acids is 1. The minimum Gasteiger partial charge on any atom is -0.450 e. The van der Waals surface area contributed by atoms with Crippen LogP contribution in [-0.4, -0.2) is 54.0 Å². The Morgan fingerprint density at radius 2 is 2.11 bits per heavy atom. The normalized spacial score (nSPS) is 26.2. The molecule has 112 valence electrons. The molecule has 1 saturated heterocycles. The molecule has 1 aliphatic rings. The van der Waals surface area contributed by atoms with E-state index < -0.39 is 0 Å². The second-order valence-electron chi connectivity index (χ2n) is 5.58. The number of ether oxygens (including phenoxy) is 1. The summed E-state index contributed by atoms with van der Waals surface area (Å²) in [5.41, 5.74) is 0. The van der Waals surface area contributed by atoms with Crippen LogP contribution in [0.4, 0.5) is 4.79 Å². The van der Waals surface area contributed by atoms with Gasteiger partial charge in [-0.1, -0.05) is 6.92 Å². The van der Waals surface area contributed by atoms with E-state index in [0.717, 1.165) is 25.9 Å². The lowest BCUT2D eigenvalue weighted by atomic mass is 9.88. The van der Waals surface area contributed by atoms with E-state index in [4.69, 9.17) is 4.74 Å². The molecule has 2 N–H and O–H groups in total. The zero-order chi connectivity index (χ0) is 14.4. The maximum Gasteiger partial charge on any atom is 0.407 e. The minimum absolute atomic E-state index is 0.0569. The van der Waals surface area contributed by atoms with Crippen molar-refractivity contribution in [1.82, 2.24) is 10.2 Å². The second-order valence-corrected chi connectivity index (χ2v) is 5.58. The minimum atomic E-state index is -0.358. The third kappa shape index (κ3) is 4.99. The first kappa shape index (κ1) is 16.2. The highest BCUT2D eigenvalue weighted by Crippen LogP contribution is 2.23. The Hall–Kier alpha value is -0.810. The number of rotatable bonds is 5. The van der Waals surface area contributed by atoms with Gasteiger partial charge in [0.1, 0.15) is 0 Å². The predicted octanol–water partition coefficient (Wildman–Crippen LogP) is 1.60. The van der Waals surface area contributed by atoms with Crippen LogP contribution in [0.2, 0.25) is 0 Å². The largest absolute Gasteiger partial charge is 0.450 e. The Kier molecular flexibility index (Phi) is 6.58. The first-order chi connectivity index (χ1) is 8.97. The summed E-state index contributed by atoms with van der Waals surface area (Å²) in [5, 5.41) is 13.0. The SMILES string of the molecule is CCOC(=O)NC1CC(C(O)CC)CN(C(C)C)C1. The lowest BCUT2D eigenvalue weighted by Gasteiger charge is -2.41. The highest BCUT2D eigenvalue weighted by Gasteiger charge is 2.32. The number of alkyl carbamates (subject to hydrolysis) is 1. The summed E-state index contributed by atoms with van der Waals surface area (Å²) < 4.78 is 4.93. The summed E-state index contributed by atoms with van der Waals surface area (Å²) in [7, 11) is 0. The lowest BCUT2D eigenvalue weighted by Crippen LogP contribution is -2.54. The monoisotopic (exact) mass is 272 g/mol. The maximum absolute atomic E-state index is 11.5. The fourth-order valence-electron chi connectivity index (χ4n) is 2.65. The molecule has 0 bridgehead atoms. The van der Waals surface area contributed by atoms with Crippen LogP contribution in [0.25, 0.3) is 0 Å². The van der Waals surface area contributed by atoms with Crippen LogP contribution in [0.3, 0.4) is 0 Å². The van der Waals surface area contributed by atoms with Crippen molar-refractivity contribution < 1.29 is 14.6 Å². The molecule has 0 saturated carbocycles. The lowest BCUT2D eigenvalue weighted by molar-refractivity contribution is 0.0239. The number of aliphatic hydroxyl groups excluding tert-OH is 1. The first-order valence-electron chi connectivity index (χ1n) is 7.33. The van der Waals surface area contributed by atoms with E-state index in [1.54, 1.807) is 6.92 Å². The molecular weight excluding hydrogens is 244 g/mol. The molecule has 0 radical (unpaired) electrons. The van der Waals surface area contributed by atoms with Gasteiger partial charge in [0.05, 0.1) is 12.7 Å². The molecule has 5 heteroatoms. The zero-order valence-corrected chi connectivity index (χ0v) is 12.6. The molecule has 1 rings (SSSR count). The van der Waals surface area contributed by atoms with E-state index >= 15 is 0 Å². The number of carbonyl (C=O) groups is 1. The van der Waals surface area contributed by atoms with Crippen molar-refractivity contribution in [3.63, 3.8) is 0 Å². The Labute approximate surface area is 116 Å². The Bertz CT molecular complexity index is 284. The van der Waals surface area contributed by atoms with Crippen molar-refractivity contribution >= 4 is 6.09 Å². The molecular formula is C14H28N2O3. The van der Waals surface area contributed by atoms with E-state index in [1.807, 2.05) is 6.92 Å². The number of nitrogens with one attached hydrogen (secondary N) is 1. The first-order valence-corrected chi connectivity index (χ1v) is 7.33. The number of aliphatic hydroxyl groups is 1. The topological polar surface area (TPSA) is 61.8 Å². The maximum atomic E-state index is 11.5. The van der Waals surface area contributed by atoms with Crippen molar-refractivity contribution in [2.24, 2.45) is 5.92 Å². The van der Waals surface area contributed by atoms with Crippen LogP contribution in [0.15, 0.2) is 0 Å². The van der Waals surface area contributed by atoms with Gasteiger partial charge in [0.15, 0.2) is 0 Å². The molecule has 1 amide bonds. The molecule has 1 fully saturated rings. The average Bonchev–Trinajstić information content (AvgIpc) is 2.37. The number of hydrogen-bond donors (Lipinski definition) is 2. The molecule has 0 aromatic heterocycles. The van der Waals surface area contributed by atoms with Crippen LogP contribution in [0, 0.1) is 5.92 Å². The third-order valence-corrected chi connectivity index (χ3v) is 3.80. The number of hydrogen-bond acceptors (Lipinski definition) is 4. The molecule has 3 unspecified atom stereocenters. The number of likely N-dealkylation sites (tertiary alicyclic amines) is 1. The van der Waals surface area contributed by atoms with Crippen molar-refractivity contribution in [2.45, 2.75) is 58.7 Å².